The van der Waals surface area contributed by atoms with Gasteiger partial charge in [0.1, 0.15) is 12.7 Å². The Bertz CT molecular complexity index is 367. The number of likely N-dealkylation sites (N-methyl/N-ethyl adjacent to an activating group) is 1. The number of aliphatic hydroxyl groups excluding tert-OH is 1. The fourth-order valence-electron chi connectivity index (χ4n) is 2.86. The van der Waals surface area contributed by atoms with Crippen LogP contribution in [0.2, 0.25) is 0 Å². The molecule has 2 N–H and O–H groups in total. The molecule has 0 bridgehead atoms. The van der Waals surface area contributed by atoms with Gasteiger partial charge in [-0.05, 0) is 33.0 Å². The molecule has 0 aromatic carbocycles. The average Bonchev–Trinajstić information content (AvgIpc) is 2.50. The molecule has 0 amide bonds. The highest BCUT2D eigenvalue weighted by molar-refractivity contribution is 6.66. The van der Waals surface area contributed by atoms with Crippen molar-refractivity contribution in [3.05, 3.63) is 0 Å². The number of rotatable bonds is 6. The number of piperazine rings is 1. The maximum Gasteiger partial charge on any atom is 0.151 e. The van der Waals surface area contributed by atoms with Gasteiger partial charge in [-0.15, -0.1) is 0 Å². The first-order valence-corrected chi connectivity index (χ1v) is 8.53. The monoisotopic (exact) mass is 332 g/mol. The van der Waals surface area contributed by atoms with Gasteiger partial charge in [0.15, 0.2) is 5.17 Å². The van der Waals surface area contributed by atoms with Gasteiger partial charge in [-0.2, -0.15) is 0 Å². The van der Waals surface area contributed by atoms with Crippen molar-refractivity contribution in [1.29, 1.82) is 0 Å². The maximum absolute atomic E-state index is 10.1. The lowest BCUT2D eigenvalue weighted by Crippen LogP contribution is -2.47. The van der Waals surface area contributed by atoms with Gasteiger partial charge in [0.25, 0.3) is 0 Å². The van der Waals surface area contributed by atoms with Gasteiger partial charge in [0.2, 0.25) is 0 Å². The number of halogens is 1. The van der Waals surface area contributed by atoms with Crippen LogP contribution in [0.4, 0.5) is 0 Å². The standard InChI is InChI=1S/C15H29ClN4O2/c1-15(3-5-17-6-4-15)14(16)18-22-12-13(21)11-20-9-7-19(2)8-10-20/h13,17,21H,3-12H2,1-2H3. The summed E-state index contributed by atoms with van der Waals surface area (Å²) >= 11 is 6.29. The predicted octanol–water partition coefficient (Wildman–Crippen LogP) is 0.553. The summed E-state index contributed by atoms with van der Waals surface area (Å²) in [4.78, 5) is 9.84. The van der Waals surface area contributed by atoms with Crippen LogP contribution in [0.25, 0.3) is 0 Å². The smallest absolute Gasteiger partial charge is 0.151 e. The van der Waals surface area contributed by atoms with Crippen LogP contribution in [0.1, 0.15) is 19.8 Å². The molecule has 2 aliphatic rings. The van der Waals surface area contributed by atoms with E-state index in [2.05, 4.69) is 34.2 Å². The van der Waals surface area contributed by atoms with Gasteiger partial charge in [-0.3, -0.25) is 4.90 Å². The van der Waals surface area contributed by atoms with Crippen molar-refractivity contribution >= 4 is 16.8 Å². The van der Waals surface area contributed by atoms with Crippen LogP contribution in [0.5, 0.6) is 0 Å². The number of nitrogens with one attached hydrogen (secondary N) is 1. The first kappa shape index (κ1) is 17.9. The Labute approximate surface area is 138 Å². The van der Waals surface area contributed by atoms with E-state index in [4.69, 9.17) is 16.4 Å². The van der Waals surface area contributed by atoms with Crippen molar-refractivity contribution in [1.82, 2.24) is 15.1 Å². The number of piperidine rings is 1. The summed E-state index contributed by atoms with van der Waals surface area (Å²) < 4.78 is 0. The summed E-state index contributed by atoms with van der Waals surface area (Å²) in [5, 5.41) is 17.9. The molecule has 0 aromatic heterocycles. The summed E-state index contributed by atoms with van der Waals surface area (Å²) in [7, 11) is 2.12. The van der Waals surface area contributed by atoms with Gasteiger partial charge in [0, 0.05) is 38.1 Å². The highest BCUT2D eigenvalue weighted by Gasteiger charge is 2.32. The number of aliphatic hydroxyl groups is 1. The molecule has 128 valence electrons. The van der Waals surface area contributed by atoms with E-state index in [1.165, 1.54) is 0 Å². The van der Waals surface area contributed by atoms with Gasteiger partial charge in [0.05, 0.1) is 0 Å². The van der Waals surface area contributed by atoms with Gasteiger partial charge < -0.3 is 20.2 Å². The fourth-order valence-corrected chi connectivity index (χ4v) is 3.09. The van der Waals surface area contributed by atoms with Crippen molar-refractivity contribution in [2.45, 2.75) is 25.9 Å². The van der Waals surface area contributed by atoms with Gasteiger partial charge in [-0.1, -0.05) is 23.7 Å². The second-order valence-corrected chi connectivity index (χ2v) is 7.10. The Morgan fingerprint density at radius 3 is 2.59 bits per heavy atom. The summed E-state index contributed by atoms with van der Waals surface area (Å²) in [6.45, 7) is 8.91. The molecular weight excluding hydrogens is 304 g/mol. The Morgan fingerprint density at radius 1 is 1.32 bits per heavy atom. The van der Waals surface area contributed by atoms with Crippen LogP contribution < -0.4 is 5.32 Å². The first-order valence-electron chi connectivity index (χ1n) is 8.15. The number of hydrogen-bond donors (Lipinski definition) is 2. The SMILES string of the molecule is CN1CCN(CC(O)CON=C(Cl)C2(C)CCNCC2)CC1. The maximum atomic E-state index is 10.1. The summed E-state index contributed by atoms with van der Waals surface area (Å²) in [5.74, 6) is 0. The number of oxime groups is 1. The predicted molar refractivity (Wildman–Crippen MR) is 89.4 cm³/mol. The molecule has 1 atom stereocenters. The van der Waals surface area contributed by atoms with Crippen LogP contribution in [-0.4, -0.2) is 85.6 Å². The highest BCUT2D eigenvalue weighted by atomic mass is 35.5. The van der Waals surface area contributed by atoms with E-state index in [-0.39, 0.29) is 12.0 Å². The van der Waals surface area contributed by atoms with Crippen molar-refractivity contribution in [2.24, 2.45) is 10.6 Å². The molecule has 1 unspecified atom stereocenters. The van der Waals surface area contributed by atoms with Gasteiger partial charge >= 0.3 is 0 Å². The Kier molecular flexibility index (Phi) is 6.89. The van der Waals surface area contributed by atoms with E-state index in [1.807, 2.05) is 0 Å². The number of hydrogen-bond acceptors (Lipinski definition) is 6. The topological polar surface area (TPSA) is 60.3 Å². The third-order valence-corrected chi connectivity index (χ3v) is 5.21. The minimum absolute atomic E-state index is 0.102. The lowest BCUT2D eigenvalue weighted by atomic mass is 9.82. The molecular formula is C15H29ClN4O2. The third kappa shape index (κ3) is 5.35. The molecule has 0 aliphatic carbocycles. The third-order valence-electron chi connectivity index (χ3n) is 4.68. The van der Waals surface area contributed by atoms with E-state index in [0.29, 0.717) is 11.7 Å². The van der Waals surface area contributed by atoms with E-state index >= 15 is 0 Å². The quantitative estimate of drug-likeness (QED) is 0.549. The lowest BCUT2D eigenvalue weighted by Gasteiger charge is -2.33. The molecule has 0 saturated carbocycles. The van der Waals surface area contributed by atoms with Gasteiger partial charge in [-0.25, -0.2) is 0 Å². The van der Waals surface area contributed by atoms with Crippen molar-refractivity contribution < 1.29 is 9.94 Å². The Hall–Kier alpha value is -0.400. The second kappa shape index (κ2) is 8.45. The molecule has 2 aliphatic heterocycles. The molecule has 22 heavy (non-hydrogen) atoms. The molecule has 2 saturated heterocycles. The molecule has 0 aromatic rings. The van der Waals surface area contributed by atoms with E-state index < -0.39 is 6.10 Å². The number of nitrogens with zero attached hydrogens (tertiary/aromatic N) is 3. The van der Waals surface area contributed by atoms with Crippen molar-refractivity contribution in [3.63, 3.8) is 0 Å². The second-order valence-electron chi connectivity index (χ2n) is 6.75. The zero-order valence-electron chi connectivity index (χ0n) is 13.7. The Balaban J connectivity index is 1.69. The molecule has 0 spiro atoms. The van der Waals surface area contributed by atoms with Crippen LogP contribution >= 0.6 is 11.6 Å². The normalized spacial score (nSPS) is 25.9. The van der Waals surface area contributed by atoms with Crippen molar-refractivity contribution in [3.8, 4) is 0 Å². The summed E-state index contributed by atoms with van der Waals surface area (Å²) in [6.07, 6.45) is 1.39. The fraction of sp³-hybridized carbons (Fsp3) is 0.933. The Morgan fingerprint density at radius 2 is 1.95 bits per heavy atom. The van der Waals surface area contributed by atoms with Crippen LogP contribution in [0.3, 0.4) is 0 Å². The zero-order chi connectivity index (χ0) is 16.0. The van der Waals surface area contributed by atoms with Crippen LogP contribution in [0, 0.1) is 5.41 Å². The van der Waals surface area contributed by atoms with Crippen LogP contribution in [0.15, 0.2) is 5.16 Å². The lowest BCUT2D eigenvalue weighted by molar-refractivity contribution is 0.0102. The molecule has 2 rings (SSSR count). The van der Waals surface area contributed by atoms with E-state index in [9.17, 15) is 5.11 Å². The molecule has 2 heterocycles. The van der Waals surface area contributed by atoms with Crippen molar-refractivity contribution in [2.75, 3.05) is 59.5 Å². The molecule has 7 heteroatoms. The number of β-amino-alcohol motifs (C(OH)–C–C–N with tert-alkyl or cyclic N) is 1. The summed E-state index contributed by atoms with van der Waals surface area (Å²) in [6, 6.07) is 0. The highest BCUT2D eigenvalue weighted by Crippen LogP contribution is 2.31. The molecule has 0 radical (unpaired) electrons. The van der Waals surface area contributed by atoms with E-state index in [0.717, 1.165) is 52.1 Å². The van der Waals surface area contributed by atoms with Crippen LogP contribution in [-0.2, 0) is 4.84 Å². The minimum Gasteiger partial charge on any atom is -0.392 e. The minimum atomic E-state index is -0.530. The average molecular weight is 333 g/mol. The largest absolute Gasteiger partial charge is 0.392 e. The summed E-state index contributed by atoms with van der Waals surface area (Å²) in [5.41, 5.74) is -0.102. The first-order chi connectivity index (χ1) is 10.5. The molecule has 6 nitrogen and oxygen atoms in total. The molecule has 2 fully saturated rings. The van der Waals surface area contributed by atoms with E-state index in [1.54, 1.807) is 0 Å². The zero-order valence-corrected chi connectivity index (χ0v) is 14.5.